The van der Waals surface area contributed by atoms with Gasteiger partial charge in [0.15, 0.2) is 0 Å². The monoisotopic (exact) mass is 386 g/mol. The van der Waals surface area contributed by atoms with Crippen molar-refractivity contribution in [2.45, 2.75) is 53.6 Å². The molecule has 1 rings (SSSR count). The first kappa shape index (κ1) is 22.0. The van der Waals surface area contributed by atoms with E-state index in [9.17, 15) is 14.7 Å². The number of nitrogens with one attached hydrogen (secondary N) is 2. The van der Waals surface area contributed by atoms with Crippen molar-refractivity contribution in [3.05, 3.63) is 16.5 Å². The maximum absolute atomic E-state index is 11.8. The highest BCUT2D eigenvalue weighted by Gasteiger charge is 2.24. The lowest BCUT2D eigenvalue weighted by Crippen LogP contribution is -2.40. The number of carbonyl (C=O) groups is 2. The third-order valence-electron chi connectivity index (χ3n) is 3.35. The molecule has 8 nitrogen and oxygen atoms in total. The number of rotatable bonds is 7. The third kappa shape index (κ3) is 7.03. The molecule has 0 unspecified atom stereocenters. The molecule has 0 atom stereocenters. The van der Waals surface area contributed by atoms with Crippen LogP contribution >= 0.6 is 11.6 Å². The van der Waals surface area contributed by atoms with Crippen molar-refractivity contribution in [1.82, 2.24) is 15.3 Å². The Labute approximate surface area is 158 Å². The molecule has 1 aromatic rings. The second kappa shape index (κ2) is 8.53. The second-order valence-corrected chi connectivity index (χ2v) is 8.03. The van der Waals surface area contributed by atoms with E-state index in [1.54, 1.807) is 27.7 Å². The summed E-state index contributed by atoms with van der Waals surface area (Å²) in [4.78, 5) is 31.3. The molecule has 1 aromatic heterocycles. The van der Waals surface area contributed by atoms with E-state index in [4.69, 9.17) is 16.3 Å². The fraction of sp³-hybridized carbons (Fsp3) is 0.647. The maximum atomic E-state index is 11.8. The lowest BCUT2D eigenvalue weighted by molar-refractivity contribution is 0.0508. The van der Waals surface area contributed by atoms with Gasteiger partial charge >= 0.3 is 12.1 Å². The first-order chi connectivity index (χ1) is 11.8. The molecular weight excluding hydrogens is 360 g/mol. The number of carboxylic acids is 1. The number of anilines is 1. The van der Waals surface area contributed by atoms with Gasteiger partial charge in [-0.25, -0.2) is 14.6 Å². The molecule has 0 bridgehead atoms. The Morgan fingerprint density at radius 3 is 2.27 bits per heavy atom. The van der Waals surface area contributed by atoms with Gasteiger partial charge in [-0.1, -0.05) is 20.8 Å². The third-order valence-corrected chi connectivity index (χ3v) is 3.52. The molecule has 0 saturated heterocycles. The van der Waals surface area contributed by atoms with E-state index in [1.165, 1.54) is 0 Å². The summed E-state index contributed by atoms with van der Waals surface area (Å²) in [5, 5.41) is 15.2. The average Bonchev–Trinajstić information content (AvgIpc) is 2.48. The lowest BCUT2D eigenvalue weighted by atomic mass is 9.93. The van der Waals surface area contributed by atoms with Crippen LogP contribution in [-0.4, -0.2) is 45.8 Å². The fourth-order valence-corrected chi connectivity index (χ4v) is 2.28. The number of aryl methyl sites for hydroxylation is 1. The van der Waals surface area contributed by atoms with E-state index >= 15 is 0 Å². The molecule has 0 aliphatic heterocycles. The van der Waals surface area contributed by atoms with Gasteiger partial charge in [0, 0.05) is 13.1 Å². The summed E-state index contributed by atoms with van der Waals surface area (Å²) in [6.45, 7) is 11.7. The van der Waals surface area contributed by atoms with Crippen LogP contribution in [0.2, 0.25) is 5.28 Å². The van der Waals surface area contributed by atoms with Crippen molar-refractivity contribution in [2.75, 3.05) is 18.4 Å². The van der Waals surface area contributed by atoms with Gasteiger partial charge in [0.2, 0.25) is 5.28 Å². The SMILES string of the molecule is CCc1nc(Cl)nc(NCC(C)(C)CNC(=O)OC(C)(C)C)c1C(=O)O. The largest absolute Gasteiger partial charge is 0.477 e. The predicted molar refractivity (Wildman–Crippen MR) is 99.9 cm³/mol. The van der Waals surface area contributed by atoms with Crippen LogP contribution in [0, 0.1) is 5.41 Å². The van der Waals surface area contributed by atoms with Gasteiger partial charge in [-0.3, -0.25) is 0 Å². The molecule has 3 N–H and O–H groups in total. The van der Waals surface area contributed by atoms with Gasteiger partial charge in [-0.15, -0.1) is 0 Å². The molecule has 9 heteroatoms. The molecule has 0 aliphatic rings. The number of aromatic carboxylic acids is 1. The Morgan fingerprint density at radius 2 is 1.77 bits per heavy atom. The molecule has 0 fully saturated rings. The number of hydrogen-bond acceptors (Lipinski definition) is 6. The summed E-state index contributed by atoms with van der Waals surface area (Å²) in [7, 11) is 0. The van der Waals surface area contributed by atoms with Crippen LogP contribution in [0.25, 0.3) is 0 Å². The number of carboxylic acid groups (broad SMARTS) is 1. The summed E-state index contributed by atoms with van der Waals surface area (Å²) in [5.41, 5.74) is -0.592. The van der Waals surface area contributed by atoms with Gasteiger partial charge in [0.1, 0.15) is 17.0 Å². The Hall–Kier alpha value is -2.09. The van der Waals surface area contributed by atoms with Crippen LogP contribution in [0.15, 0.2) is 0 Å². The molecule has 0 aliphatic carbocycles. The Bertz CT molecular complexity index is 671. The highest BCUT2D eigenvalue weighted by molar-refractivity contribution is 6.28. The molecule has 0 radical (unpaired) electrons. The number of ether oxygens (including phenoxy) is 1. The highest BCUT2D eigenvalue weighted by Crippen LogP contribution is 2.22. The van der Waals surface area contributed by atoms with Crippen molar-refractivity contribution < 1.29 is 19.4 Å². The number of aromatic nitrogens is 2. The molecule has 0 saturated carbocycles. The van der Waals surface area contributed by atoms with Gasteiger partial charge in [0.25, 0.3) is 0 Å². The van der Waals surface area contributed by atoms with Crippen molar-refractivity contribution in [2.24, 2.45) is 5.41 Å². The number of halogens is 1. The highest BCUT2D eigenvalue weighted by atomic mass is 35.5. The Balaban J connectivity index is 2.80. The quantitative estimate of drug-likeness (QED) is 0.615. The topological polar surface area (TPSA) is 113 Å². The molecule has 146 valence electrons. The van der Waals surface area contributed by atoms with Crippen LogP contribution in [-0.2, 0) is 11.2 Å². The second-order valence-electron chi connectivity index (χ2n) is 7.69. The lowest BCUT2D eigenvalue weighted by Gasteiger charge is -2.27. The number of hydrogen-bond donors (Lipinski definition) is 3. The van der Waals surface area contributed by atoms with Crippen LogP contribution in [0.1, 0.15) is 57.6 Å². The van der Waals surface area contributed by atoms with Crippen molar-refractivity contribution >= 4 is 29.5 Å². The van der Waals surface area contributed by atoms with Crippen molar-refractivity contribution in [1.29, 1.82) is 0 Å². The Kier molecular flexibility index (Phi) is 7.20. The molecule has 1 heterocycles. The number of carbonyl (C=O) groups excluding carboxylic acids is 1. The van der Waals surface area contributed by atoms with E-state index in [1.807, 2.05) is 13.8 Å². The zero-order valence-electron chi connectivity index (χ0n) is 16.1. The summed E-state index contributed by atoms with van der Waals surface area (Å²) < 4.78 is 5.21. The van der Waals surface area contributed by atoms with Crippen LogP contribution in [0.5, 0.6) is 0 Å². The van der Waals surface area contributed by atoms with Crippen LogP contribution in [0.3, 0.4) is 0 Å². The minimum Gasteiger partial charge on any atom is -0.477 e. The van der Waals surface area contributed by atoms with Gasteiger partial charge < -0.3 is 20.5 Å². The van der Waals surface area contributed by atoms with Crippen LogP contribution < -0.4 is 10.6 Å². The van der Waals surface area contributed by atoms with E-state index in [0.717, 1.165) is 0 Å². The van der Waals surface area contributed by atoms with Gasteiger partial charge in [-0.2, -0.15) is 4.98 Å². The molecule has 26 heavy (non-hydrogen) atoms. The number of alkyl carbamates (subject to hydrolysis) is 1. The maximum Gasteiger partial charge on any atom is 0.407 e. The summed E-state index contributed by atoms with van der Waals surface area (Å²) in [6.07, 6.45) is -0.0857. The van der Waals surface area contributed by atoms with Crippen molar-refractivity contribution in [3.8, 4) is 0 Å². The fourth-order valence-electron chi connectivity index (χ4n) is 2.10. The van der Waals surface area contributed by atoms with Crippen LogP contribution in [0.4, 0.5) is 10.6 Å². The van der Waals surface area contributed by atoms with Gasteiger partial charge in [-0.05, 0) is 44.2 Å². The molecule has 1 amide bonds. The van der Waals surface area contributed by atoms with E-state index < -0.39 is 23.1 Å². The zero-order chi connectivity index (χ0) is 20.1. The van der Waals surface area contributed by atoms with E-state index in [0.29, 0.717) is 25.2 Å². The summed E-state index contributed by atoms with van der Waals surface area (Å²) in [5.74, 6) is -0.953. The number of nitrogens with zero attached hydrogens (tertiary/aromatic N) is 2. The average molecular weight is 387 g/mol. The van der Waals surface area contributed by atoms with Gasteiger partial charge in [0.05, 0.1) is 5.69 Å². The zero-order valence-corrected chi connectivity index (χ0v) is 16.8. The minimum atomic E-state index is -1.12. The summed E-state index contributed by atoms with van der Waals surface area (Å²) in [6, 6.07) is 0. The summed E-state index contributed by atoms with van der Waals surface area (Å²) >= 11 is 5.89. The first-order valence-corrected chi connectivity index (χ1v) is 8.73. The number of amides is 1. The normalized spacial score (nSPS) is 11.8. The molecule has 0 aromatic carbocycles. The molecular formula is C17H27ClN4O4. The minimum absolute atomic E-state index is 0.00722. The molecule has 0 spiro atoms. The van der Waals surface area contributed by atoms with Crippen molar-refractivity contribution in [3.63, 3.8) is 0 Å². The standard InChI is InChI=1S/C17H27ClN4O4/c1-7-10-11(13(23)24)12(22-14(18)21-10)19-8-17(5,6)9-20-15(25)26-16(2,3)4/h7-9H2,1-6H3,(H,20,25)(H,23,24)(H,19,21,22). The predicted octanol–water partition coefficient (Wildman–Crippen LogP) is 3.35. The first-order valence-electron chi connectivity index (χ1n) is 8.35. The smallest absolute Gasteiger partial charge is 0.407 e. The van der Waals surface area contributed by atoms with E-state index in [2.05, 4.69) is 20.6 Å². The van der Waals surface area contributed by atoms with E-state index in [-0.39, 0.29) is 16.7 Å². The Morgan fingerprint density at radius 1 is 1.15 bits per heavy atom.